The van der Waals surface area contributed by atoms with Gasteiger partial charge in [0.25, 0.3) is 5.91 Å². The summed E-state index contributed by atoms with van der Waals surface area (Å²) in [5, 5.41) is 4.29. The average molecular weight is 498 g/mol. The maximum atomic E-state index is 12.8. The molecule has 0 aliphatic carbocycles. The Kier molecular flexibility index (Phi) is 8.30. The molecular formula is C27H29Cl2N3O2. The van der Waals surface area contributed by atoms with Gasteiger partial charge in [0.1, 0.15) is 5.75 Å². The van der Waals surface area contributed by atoms with Crippen molar-refractivity contribution in [3.8, 4) is 5.75 Å². The number of hydrogen-bond acceptors (Lipinski definition) is 4. The van der Waals surface area contributed by atoms with Gasteiger partial charge in [0.05, 0.1) is 11.6 Å². The topological polar surface area (TPSA) is 54.5 Å². The van der Waals surface area contributed by atoms with E-state index in [1.54, 1.807) is 18.2 Å². The van der Waals surface area contributed by atoms with E-state index >= 15 is 0 Å². The van der Waals surface area contributed by atoms with Crippen LogP contribution in [0.3, 0.4) is 0 Å². The van der Waals surface area contributed by atoms with E-state index in [2.05, 4.69) is 27.3 Å². The van der Waals surface area contributed by atoms with Crippen LogP contribution in [0, 0.1) is 12.8 Å². The van der Waals surface area contributed by atoms with Crippen LogP contribution in [0.15, 0.2) is 60.8 Å². The average Bonchev–Trinajstić information content (AvgIpc) is 2.85. The summed E-state index contributed by atoms with van der Waals surface area (Å²) >= 11 is 12.2. The predicted octanol–water partition coefficient (Wildman–Crippen LogP) is 5.96. The van der Waals surface area contributed by atoms with Gasteiger partial charge in [-0.3, -0.25) is 9.78 Å². The van der Waals surface area contributed by atoms with Crippen molar-refractivity contribution < 1.29 is 9.53 Å². The highest BCUT2D eigenvalue weighted by Gasteiger charge is 2.20. The Balaban J connectivity index is 1.25. The number of carbonyl (C=O) groups is 1. The van der Waals surface area contributed by atoms with Crippen LogP contribution in [0.5, 0.6) is 5.75 Å². The Morgan fingerprint density at radius 2 is 1.85 bits per heavy atom. The fraction of sp³-hybridized carbons (Fsp3) is 0.333. The molecule has 3 aromatic rings. The molecule has 2 aromatic carbocycles. The number of pyridine rings is 1. The molecule has 0 spiro atoms. The van der Waals surface area contributed by atoms with E-state index in [4.69, 9.17) is 27.9 Å². The highest BCUT2D eigenvalue weighted by Crippen LogP contribution is 2.26. The van der Waals surface area contributed by atoms with Gasteiger partial charge in [-0.2, -0.15) is 0 Å². The SMILES string of the molecule is Cc1cc(N2CCC(CNC(=O)c3ccc(Cl)c(OCCc4ccc(Cl)cc4)c3)CC2)ccn1. The number of rotatable bonds is 8. The maximum absolute atomic E-state index is 12.8. The first-order chi connectivity index (χ1) is 16.5. The molecule has 0 atom stereocenters. The third-order valence-corrected chi connectivity index (χ3v) is 6.73. The summed E-state index contributed by atoms with van der Waals surface area (Å²) in [5.74, 6) is 0.876. The largest absolute Gasteiger partial charge is 0.492 e. The summed E-state index contributed by atoms with van der Waals surface area (Å²) in [4.78, 5) is 19.4. The number of nitrogens with zero attached hydrogens (tertiary/aromatic N) is 2. The smallest absolute Gasteiger partial charge is 0.251 e. The molecule has 7 heteroatoms. The number of aryl methyl sites for hydroxylation is 1. The van der Waals surface area contributed by atoms with Crippen LogP contribution in [0.4, 0.5) is 5.69 Å². The normalized spacial score (nSPS) is 14.1. The molecule has 1 aliphatic rings. The standard InChI is InChI=1S/C27H29Cl2N3O2/c1-19-16-24(8-12-30-19)32-13-9-21(10-14-32)18-31-27(33)22-4-7-25(29)26(17-22)34-15-11-20-2-5-23(28)6-3-20/h2-8,12,16-17,21H,9-11,13-15,18H2,1H3,(H,31,33). The third kappa shape index (κ3) is 6.64. The molecule has 1 aliphatic heterocycles. The van der Waals surface area contributed by atoms with Crippen LogP contribution in [0.2, 0.25) is 10.0 Å². The lowest BCUT2D eigenvalue weighted by atomic mass is 9.96. The van der Waals surface area contributed by atoms with Gasteiger partial charge in [-0.05, 0) is 73.7 Å². The molecule has 34 heavy (non-hydrogen) atoms. The van der Waals surface area contributed by atoms with Gasteiger partial charge in [0.2, 0.25) is 0 Å². The summed E-state index contributed by atoms with van der Waals surface area (Å²) in [6, 6.07) is 17.0. The summed E-state index contributed by atoms with van der Waals surface area (Å²) < 4.78 is 5.86. The molecule has 1 aromatic heterocycles. The lowest BCUT2D eigenvalue weighted by molar-refractivity contribution is 0.0944. The van der Waals surface area contributed by atoms with Gasteiger partial charge in [-0.1, -0.05) is 35.3 Å². The number of amides is 1. The number of carbonyl (C=O) groups excluding carboxylic acids is 1. The summed E-state index contributed by atoms with van der Waals surface area (Å²) in [6.07, 6.45) is 4.67. The molecule has 4 rings (SSSR count). The highest BCUT2D eigenvalue weighted by molar-refractivity contribution is 6.32. The van der Waals surface area contributed by atoms with Crippen molar-refractivity contribution in [2.45, 2.75) is 26.2 Å². The van der Waals surface area contributed by atoms with Crippen molar-refractivity contribution in [1.29, 1.82) is 0 Å². The highest BCUT2D eigenvalue weighted by atomic mass is 35.5. The number of anilines is 1. The summed E-state index contributed by atoms with van der Waals surface area (Å²) in [6.45, 7) is 5.10. The van der Waals surface area contributed by atoms with Gasteiger partial charge in [0, 0.05) is 54.2 Å². The van der Waals surface area contributed by atoms with Crippen LogP contribution in [0.1, 0.15) is 34.5 Å². The molecule has 0 bridgehead atoms. The van der Waals surface area contributed by atoms with E-state index < -0.39 is 0 Å². The van der Waals surface area contributed by atoms with Crippen molar-refractivity contribution in [2.24, 2.45) is 5.92 Å². The second kappa shape index (κ2) is 11.6. The Labute approximate surface area is 211 Å². The second-order valence-corrected chi connectivity index (χ2v) is 9.51. The molecule has 0 unspecified atom stereocenters. The van der Waals surface area contributed by atoms with E-state index in [1.165, 1.54) is 5.69 Å². The molecule has 1 N–H and O–H groups in total. The van der Waals surface area contributed by atoms with E-state index in [1.807, 2.05) is 37.4 Å². The number of ether oxygens (including phenoxy) is 1. The van der Waals surface area contributed by atoms with Crippen LogP contribution < -0.4 is 15.0 Å². The Morgan fingerprint density at radius 3 is 2.59 bits per heavy atom. The lowest BCUT2D eigenvalue weighted by Gasteiger charge is -2.33. The molecule has 1 saturated heterocycles. The van der Waals surface area contributed by atoms with E-state index in [9.17, 15) is 4.79 Å². The zero-order chi connectivity index (χ0) is 23.9. The van der Waals surface area contributed by atoms with Crippen molar-refractivity contribution >= 4 is 34.8 Å². The molecule has 1 amide bonds. The third-order valence-electron chi connectivity index (χ3n) is 6.17. The van der Waals surface area contributed by atoms with Gasteiger partial charge in [0.15, 0.2) is 0 Å². The fourth-order valence-electron chi connectivity index (χ4n) is 4.15. The number of benzene rings is 2. The Morgan fingerprint density at radius 1 is 1.09 bits per heavy atom. The van der Waals surface area contributed by atoms with Gasteiger partial charge in [-0.15, -0.1) is 0 Å². The van der Waals surface area contributed by atoms with E-state index in [0.29, 0.717) is 40.4 Å². The van der Waals surface area contributed by atoms with Crippen molar-refractivity contribution in [2.75, 3.05) is 31.1 Å². The zero-order valence-electron chi connectivity index (χ0n) is 19.3. The minimum atomic E-state index is -0.105. The molecule has 0 radical (unpaired) electrons. The summed E-state index contributed by atoms with van der Waals surface area (Å²) in [5.41, 5.74) is 3.93. The molecule has 5 nitrogen and oxygen atoms in total. The number of nitrogens with one attached hydrogen (secondary N) is 1. The van der Waals surface area contributed by atoms with E-state index in [-0.39, 0.29) is 5.91 Å². The Hall–Kier alpha value is -2.76. The van der Waals surface area contributed by atoms with Crippen LogP contribution in [-0.2, 0) is 6.42 Å². The number of piperidine rings is 1. The van der Waals surface area contributed by atoms with E-state index in [0.717, 1.165) is 43.6 Å². The molecule has 2 heterocycles. The van der Waals surface area contributed by atoms with Crippen molar-refractivity contribution in [1.82, 2.24) is 10.3 Å². The first-order valence-electron chi connectivity index (χ1n) is 11.6. The fourth-order valence-corrected chi connectivity index (χ4v) is 4.44. The maximum Gasteiger partial charge on any atom is 0.251 e. The molecule has 0 saturated carbocycles. The lowest BCUT2D eigenvalue weighted by Crippen LogP contribution is -2.38. The van der Waals surface area contributed by atoms with Crippen molar-refractivity contribution in [3.63, 3.8) is 0 Å². The van der Waals surface area contributed by atoms with Crippen LogP contribution >= 0.6 is 23.2 Å². The minimum Gasteiger partial charge on any atom is -0.492 e. The quantitative estimate of drug-likeness (QED) is 0.416. The minimum absolute atomic E-state index is 0.105. The first-order valence-corrected chi connectivity index (χ1v) is 12.4. The van der Waals surface area contributed by atoms with Crippen LogP contribution in [0.25, 0.3) is 0 Å². The number of hydrogen-bond donors (Lipinski definition) is 1. The zero-order valence-corrected chi connectivity index (χ0v) is 20.8. The monoisotopic (exact) mass is 497 g/mol. The summed E-state index contributed by atoms with van der Waals surface area (Å²) in [7, 11) is 0. The van der Waals surface area contributed by atoms with Gasteiger partial charge >= 0.3 is 0 Å². The Bertz CT molecular complexity index is 1110. The second-order valence-electron chi connectivity index (χ2n) is 8.67. The number of halogens is 2. The van der Waals surface area contributed by atoms with Gasteiger partial charge < -0.3 is 15.0 Å². The van der Waals surface area contributed by atoms with Crippen LogP contribution in [-0.4, -0.2) is 37.1 Å². The molecular weight excluding hydrogens is 469 g/mol. The molecule has 1 fully saturated rings. The predicted molar refractivity (Wildman–Crippen MR) is 138 cm³/mol. The van der Waals surface area contributed by atoms with Crippen molar-refractivity contribution in [3.05, 3.63) is 87.7 Å². The van der Waals surface area contributed by atoms with Gasteiger partial charge in [-0.25, -0.2) is 0 Å². The number of aromatic nitrogens is 1. The molecule has 178 valence electrons. The first kappa shape index (κ1) is 24.4.